The summed E-state index contributed by atoms with van der Waals surface area (Å²) in [6.07, 6.45) is 0. The van der Waals surface area contributed by atoms with Crippen molar-refractivity contribution in [3.63, 3.8) is 0 Å². The van der Waals surface area contributed by atoms with Gasteiger partial charge in [-0.15, -0.1) is 0 Å². The Hall–Kier alpha value is -1.84. The lowest BCUT2D eigenvalue weighted by molar-refractivity contribution is 0.134. The maximum absolute atomic E-state index is 6.49. The van der Waals surface area contributed by atoms with Crippen molar-refractivity contribution in [2.24, 2.45) is 5.73 Å². The quantitative estimate of drug-likeness (QED) is 0.939. The first-order valence-electron chi connectivity index (χ1n) is 7.20. The lowest BCUT2D eigenvalue weighted by Crippen LogP contribution is -2.14. The molecular formula is C18H21NO2. The number of methoxy groups -OCH3 is 1. The molecule has 3 rings (SSSR count). The highest BCUT2D eigenvalue weighted by molar-refractivity contribution is 5.46. The number of aryl methyl sites for hydroxylation is 2. The van der Waals surface area contributed by atoms with Crippen LogP contribution in [-0.4, -0.2) is 7.11 Å². The summed E-state index contributed by atoms with van der Waals surface area (Å²) in [5.74, 6) is 0.908. The van der Waals surface area contributed by atoms with Gasteiger partial charge in [-0.05, 0) is 53.3 Å². The third kappa shape index (κ3) is 2.55. The van der Waals surface area contributed by atoms with Crippen LogP contribution in [-0.2, 0) is 18.0 Å². The predicted octanol–water partition coefficient (Wildman–Crippen LogP) is 3.39. The largest absolute Gasteiger partial charge is 0.496 e. The highest BCUT2D eigenvalue weighted by atomic mass is 16.5. The first-order valence-corrected chi connectivity index (χ1v) is 7.20. The number of ether oxygens (including phenoxy) is 2. The summed E-state index contributed by atoms with van der Waals surface area (Å²) in [5, 5.41) is 0. The summed E-state index contributed by atoms with van der Waals surface area (Å²) >= 11 is 0. The van der Waals surface area contributed by atoms with Gasteiger partial charge in [-0.3, -0.25) is 0 Å². The standard InChI is InChI=1S/C18H21NO2/c1-11-7-17(20-3)12(2)6-16(11)18(19)13-4-5-14-9-21-10-15(14)8-13/h4-8,18H,9-10,19H2,1-3H3. The molecule has 3 nitrogen and oxygen atoms in total. The van der Waals surface area contributed by atoms with Crippen LogP contribution in [0.25, 0.3) is 0 Å². The second kappa shape index (κ2) is 5.51. The molecular weight excluding hydrogens is 262 g/mol. The van der Waals surface area contributed by atoms with E-state index in [0.717, 1.165) is 28.0 Å². The van der Waals surface area contributed by atoms with Crippen molar-refractivity contribution in [2.75, 3.05) is 7.11 Å². The first-order chi connectivity index (χ1) is 10.1. The summed E-state index contributed by atoms with van der Waals surface area (Å²) in [4.78, 5) is 0. The minimum absolute atomic E-state index is 0.125. The topological polar surface area (TPSA) is 44.5 Å². The van der Waals surface area contributed by atoms with Gasteiger partial charge in [-0.25, -0.2) is 0 Å². The Balaban J connectivity index is 1.98. The molecule has 0 bridgehead atoms. The van der Waals surface area contributed by atoms with E-state index in [-0.39, 0.29) is 6.04 Å². The molecule has 1 aliphatic rings. The Morgan fingerprint density at radius 3 is 2.57 bits per heavy atom. The third-order valence-electron chi connectivity index (χ3n) is 4.22. The predicted molar refractivity (Wildman–Crippen MR) is 83.4 cm³/mol. The Morgan fingerprint density at radius 1 is 1.05 bits per heavy atom. The molecule has 2 aromatic rings. The zero-order valence-corrected chi connectivity index (χ0v) is 12.8. The van der Waals surface area contributed by atoms with Crippen LogP contribution in [0.3, 0.4) is 0 Å². The molecule has 3 heteroatoms. The highest BCUT2D eigenvalue weighted by Gasteiger charge is 2.17. The van der Waals surface area contributed by atoms with Crippen LogP contribution >= 0.6 is 0 Å². The Bertz CT molecular complexity index is 679. The van der Waals surface area contributed by atoms with E-state index in [1.807, 2.05) is 6.92 Å². The molecule has 0 saturated heterocycles. The van der Waals surface area contributed by atoms with Crippen LogP contribution in [0.2, 0.25) is 0 Å². The molecule has 1 aliphatic heterocycles. The van der Waals surface area contributed by atoms with Gasteiger partial charge in [0, 0.05) is 0 Å². The van der Waals surface area contributed by atoms with E-state index in [4.69, 9.17) is 15.2 Å². The summed E-state index contributed by atoms with van der Waals surface area (Å²) in [6.45, 7) is 5.53. The highest BCUT2D eigenvalue weighted by Crippen LogP contribution is 2.31. The van der Waals surface area contributed by atoms with Crippen LogP contribution in [0, 0.1) is 13.8 Å². The second-order valence-corrected chi connectivity index (χ2v) is 5.68. The number of rotatable bonds is 3. The molecule has 1 atom stereocenters. The lowest BCUT2D eigenvalue weighted by atomic mass is 9.92. The zero-order valence-electron chi connectivity index (χ0n) is 12.8. The van der Waals surface area contributed by atoms with E-state index in [2.05, 4.69) is 37.3 Å². The third-order valence-corrected chi connectivity index (χ3v) is 4.22. The van der Waals surface area contributed by atoms with Crippen molar-refractivity contribution < 1.29 is 9.47 Å². The van der Waals surface area contributed by atoms with Crippen LogP contribution in [0.1, 0.15) is 39.4 Å². The fraction of sp³-hybridized carbons (Fsp3) is 0.333. The molecule has 21 heavy (non-hydrogen) atoms. The van der Waals surface area contributed by atoms with E-state index >= 15 is 0 Å². The maximum Gasteiger partial charge on any atom is 0.122 e. The SMILES string of the molecule is COc1cc(C)c(C(N)c2ccc3c(c2)COC3)cc1C. The molecule has 2 aromatic carbocycles. The van der Waals surface area contributed by atoms with Gasteiger partial charge in [0.2, 0.25) is 0 Å². The van der Waals surface area contributed by atoms with Gasteiger partial charge in [-0.2, -0.15) is 0 Å². The van der Waals surface area contributed by atoms with Crippen molar-refractivity contribution in [2.45, 2.75) is 33.1 Å². The number of fused-ring (bicyclic) bond motifs is 1. The minimum atomic E-state index is -0.125. The second-order valence-electron chi connectivity index (χ2n) is 5.68. The molecule has 0 radical (unpaired) electrons. The Kier molecular flexibility index (Phi) is 3.70. The van der Waals surface area contributed by atoms with Crippen molar-refractivity contribution in [3.8, 4) is 5.75 Å². The average Bonchev–Trinajstić information content (AvgIpc) is 2.95. The number of benzene rings is 2. The summed E-state index contributed by atoms with van der Waals surface area (Å²) < 4.78 is 10.8. The van der Waals surface area contributed by atoms with Crippen molar-refractivity contribution in [3.05, 3.63) is 63.7 Å². The van der Waals surface area contributed by atoms with Crippen molar-refractivity contribution in [1.29, 1.82) is 0 Å². The Morgan fingerprint density at radius 2 is 1.81 bits per heavy atom. The van der Waals surface area contributed by atoms with Gasteiger partial charge in [0.05, 0.1) is 26.4 Å². The molecule has 1 unspecified atom stereocenters. The maximum atomic E-state index is 6.49. The van der Waals surface area contributed by atoms with Gasteiger partial charge in [0.25, 0.3) is 0 Å². The van der Waals surface area contributed by atoms with E-state index in [0.29, 0.717) is 13.2 Å². The molecule has 0 aromatic heterocycles. The van der Waals surface area contributed by atoms with E-state index in [1.54, 1.807) is 7.11 Å². The molecule has 0 amide bonds. The molecule has 0 aliphatic carbocycles. The number of nitrogens with two attached hydrogens (primary N) is 1. The van der Waals surface area contributed by atoms with Crippen LogP contribution in [0.4, 0.5) is 0 Å². The smallest absolute Gasteiger partial charge is 0.122 e. The number of hydrogen-bond donors (Lipinski definition) is 1. The summed E-state index contributed by atoms with van der Waals surface area (Å²) in [5.41, 5.74) is 13.6. The van der Waals surface area contributed by atoms with Gasteiger partial charge < -0.3 is 15.2 Å². The Labute approximate surface area is 125 Å². The first kappa shape index (κ1) is 14.1. The normalized spacial score (nSPS) is 14.9. The van der Waals surface area contributed by atoms with Crippen LogP contribution in [0.15, 0.2) is 30.3 Å². The van der Waals surface area contributed by atoms with Crippen molar-refractivity contribution in [1.82, 2.24) is 0 Å². The molecule has 1 heterocycles. The van der Waals surface area contributed by atoms with Gasteiger partial charge in [0.1, 0.15) is 5.75 Å². The van der Waals surface area contributed by atoms with Crippen LogP contribution < -0.4 is 10.5 Å². The van der Waals surface area contributed by atoms with Crippen LogP contribution in [0.5, 0.6) is 5.75 Å². The average molecular weight is 283 g/mol. The monoisotopic (exact) mass is 283 g/mol. The summed E-state index contributed by atoms with van der Waals surface area (Å²) in [7, 11) is 1.70. The molecule has 0 spiro atoms. The van der Waals surface area contributed by atoms with Gasteiger partial charge in [-0.1, -0.05) is 24.3 Å². The van der Waals surface area contributed by atoms with E-state index in [1.165, 1.54) is 11.1 Å². The van der Waals surface area contributed by atoms with Gasteiger partial charge in [0.15, 0.2) is 0 Å². The fourth-order valence-electron chi connectivity index (χ4n) is 2.93. The zero-order chi connectivity index (χ0) is 15.0. The lowest BCUT2D eigenvalue weighted by Gasteiger charge is -2.18. The molecule has 2 N–H and O–H groups in total. The minimum Gasteiger partial charge on any atom is -0.496 e. The molecule has 0 saturated carbocycles. The van der Waals surface area contributed by atoms with Crippen molar-refractivity contribution >= 4 is 0 Å². The van der Waals surface area contributed by atoms with E-state index < -0.39 is 0 Å². The fourth-order valence-corrected chi connectivity index (χ4v) is 2.93. The summed E-state index contributed by atoms with van der Waals surface area (Å²) in [6, 6.07) is 10.5. The number of hydrogen-bond acceptors (Lipinski definition) is 3. The van der Waals surface area contributed by atoms with Gasteiger partial charge >= 0.3 is 0 Å². The van der Waals surface area contributed by atoms with E-state index in [9.17, 15) is 0 Å². The molecule has 110 valence electrons. The molecule has 0 fully saturated rings.